The van der Waals surface area contributed by atoms with Gasteiger partial charge in [0.25, 0.3) is 0 Å². The highest BCUT2D eigenvalue weighted by atomic mass is 16.5. The summed E-state index contributed by atoms with van der Waals surface area (Å²) in [6, 6.07) is 0. The average molecular weight is 177 g/mol. The van der Waals surface area contributed by atoms with E-state index < -0.39 is 6.10 Å². The summed E-state index contributed by atoms with van der Waals surface area (Å²) >= 11 is 0. The lowest BCUT2D eigenvalue weighted by Gasteiger charge is -2.08. The van der Waals surface area contributed by atoms with Gasteiger partial charge >= 0.3 is 0 Å². The van der Waals surface area contributed by atoms with Gasteiger partial charge in [0.05, 0.1) is 19.3 Å². The summed E-state index contributed by atoms with van der Waals surface area (Å²) in [6.45, 7) is 0.102. The summed E-state index contributed by atoms with van der Waals surface area (Å²) in [4.78, 5) is 10.8. The maximum absolute atomic E-state index is 10.8. The molecule has 5 heteroatoms. The minimum atomic E-state index is -0.878. The van der Waals surface area contributed by atoms with Crippen LogP contribution in [-0.4, -0.2) is 49.1 Å². The number of carbonyl (C=O) groups excluding carboxylic acids is 1. The molecule has 0 spiro atoms. The molecule has 0 aromatic carbocycles. The van der Waals surface area contributed by atoms with Crippen molar-refractivity contribution in [2.75, 3.05) is 26.9 Å². The molecule has 0 aliphatic rings. The Morgan fingerprint density at radius 2 is 2.33 bits per heavy atom. The van der Waals surface area contributed by atoms with Gasteiger partial charge in [-0.05, 0) is 0 Å². The third-order valence-corrected chi connectivity index (χ3v) is 1.28. The van der Waals surface area contributed by atoms with Gasteiger partial charge in [-0.2, -0.15) is 0 Å². The largest absolute Gasteiger partial charge is 0.394 e. The molecule has 0 rings (SSSR count). The van der Waals surface area contributed by atoms with Crippen LogP contribution >= 0.6 is 0 Å². The van der Waals surface area contributed by atoms with Gasteiger partial charge < -0.3 is 20.3 Å². The first-order valence-corrected chi connectivity index (χ1v) is 3.75. The van der Waals surface area contributed by atoms with E-state index in [4.69, 9.17) is 10.2 Å². The fraction of sp³-hybridized carbons (Fsp3) is 0.857. The molecular weight excluding hydrogens is 162 g/mol. The minimum absolute atomic E-state index is 0.0824. The summed E-state index contributed by atoms with van der Waals surface area (Å²) in [7, 11) is 1.51. The average Bonchev–Trinajstić information content (AvgIpc) is 2.10. The molecule has 72 valence electrons. The van der Waals surface area contributed by atoms with Gasteiger partial charge in [-0.15, -0.1) is 0 Å². The molecule has 5 nitrogen and oxygen atoms in total. The van der Waals surface area contributed by atoms with Crippen LogP contribution in [0.15, 0.2) is 0 Å². The SMILES string of the molecule is COCCC(=O)NC[C@@H](O)CO. The molecule has 0 heterocycles. The number of hydrogen-bond donors (Lipinski definition) is 3. The number of aliphatic hydroxyl groups is 2. The van der Waals surface area contributed by atoms with Gasteiger partial charge in [0.2, 0.25) is 5.91 Å². The number of rotatable bonds is 6. The molecule has 0 radical (unpaired) electrons. The van der Waals surface area contributed by atoms with Crippen molar-refractivity contribution in [1.82, 2.24) is 5.32 Å². The van der Waals surface area contributed by atoms with Crippen molar-refractivity contribution < 1.29 is 19.7 Å². The third-order valence-electron chi connectivity index (χ3n) is 1.28. The predicted molar refractivity (Wildman–Crippen MR) is 42.6 cm³/mol. The van der Waals surface area contributed by atoms with Crippen molar-refractivity contribution >= 4 is 5.91 Å². The zero-order valence-corrected chi connectivity index (χ0v) is 7.12. The summed E-state index contributed by atoms with van der Waals surface area (Å²) in [6.07, 6.45) is -0.606. The lowest BCUT2D eigenvalue weighted by Crippen LogP contribution is -2.34. The van der Waals surface area contributed by atoms with E-state index in [1.165, 1.54) is 7.11 Å². The Balaban J connectivity index is 3.31. The van der Waals surface area contributed by atoms with Crippen molar-refractivity contribution in [2.45, 2.75) is 12.5 Å². The highest BCUT2D eigenvalue weighted by Crippen LogP contribution is 1.82. The quantitative estimate of drug-likeness (QED) is 0.461. The van der Waals surface area contributed by atoms with Crippen molar-refractivity contribution in [3.63, 3.8) is 0 Å². The van der Waals surface area contributed by atoms with Gasteiger partial charge in [0.1, 0.15) is 0 Å². The Hall–Kier alpha value is -0.650. The van der Waals surface area contributed by atoms with Crippen LogP contribution in [0, 0.1) is 0 Å². The molecular formula is C7H15NO4. The van der Waals surface area contributed by atoms with E-state index in [1.807, 2.05) is 0 Å². The monoisotopic (exact) mass is 177 g/mol. The molecule has 0 aliphatic carbocycles. The first-order chi connectivity index (χ1) is 5.70. The number of hydrogen-bond acceptors (Lipinski definition) is 4. The second-order valence-corrected chi connectivity index (χ2v) is 2.38. The Bertz CT molecular complexity index is 129. The van der Waals surface area contributed by atoms with E-state index in [2.05, 4.69) is 10.1 Å². The van der Waals surface area contributed by atoms with Crippen LogP contribution in [0.1, 0.15) is 6.42 Å². The van der Waals surface area contributed by atoms with Crippen LogP contribution in [-0.2, 0) is 9.53 Å². The third kappa shape index (κ3) is 6.09. The maximum Gasteiger partial charge on any atom is 0.222 e. The number of aliphatic hydroxyl groups excluding tert-OH is 2. The minimum Gasteiger partial charge on any atom is -0.394 e. The molecule has 12 heavy (non-hydrogen) atoms. The van der Waals surface area contributed by atoms with E-state index >= 15 is 0 Å². The molecule has 0 aromatic heterocycles. The van der Waals surface area contributed by atoms with Gasteiger partial charge in [-0.1, -0.05) is 0 Å². The smallest absolute Gasteiger partial charge is 0.222 e. The normalized spacial score (nSPS) is 12.6. The van der Waals surface area contributed by atoms with Crippen molar-refractivity contribution in [3.8, 4) is 0 Å². The summed E-state index contributed by atoms with van der Waals surface area (Å²) in [5.74, 6) is -0.190. The van der Waals surface area contributed by atoms with Crippen molar-refractivity contribution in [3.05, 3.63) is 0 Å². The Morgan fingerprint density at radius 1 is 1.67 bits per heavy atom. The van der Waals surface area contributed by atoms with Crippen LogP contribution in [0.3, 0.4) is 0 Å². The molecule has 0 saturated carbocycles. The molecule has 0 fully saturated rings. The van der Waals surface area contributed by atoms with Crippen LogP contribution in [0.5, 0.6) is 0 Å². The van der Waals surface area contributed by atoms with Crippen LogP contribution in [0.25, 0.3) is 0 Å². The number of carbonyl (C=O) groups is 1. The second kappa shape index (κ2) is 7.02. The number of nitrogens with one attached hydrogen (secondary N) is 1. The standard InChI is InChI=1S/C7H15NO4/c1-12-3-2-7(11)8-4-6(10)5-9/h6,9-10H,2-5H2,1H3,(H,8,11)/t6-/m1/s1. The number of ether oxygens (including phenoxy) is 1. The van der Waals surface area contributed by atoms with Gasteiger partial charge in [0, 0.05) is 20.1 Å². The van der Waals surface area contributed by atoms with E-state index in [9.17, 15) is 4.79 Å². The Labute approximate surface area is 71.3 Å². The number of methoxy groups -OCH3 is 1. The Kier molecular flexibility index (Phi) is 6.64. The fourth-order valence-electron chi connectivity index (χ4n) is 0.579. The molecule has 1 amide bonds. The van der Waals surface area contributed by atoms with Crippen LogP contribution < -0.4 is 5.32 Å². The molecule has 0 saturated heterocycles. The molecule has 3 N–H and O–H groups in total. The lowest BCUT2D eigenvalue weighted by molar-refractivity contribution is -0.122. The van der Waals surface area contributed by atoms with Crippen LogP contribution in [0.4, 0.5) is 0 Å². The zero-order valence-electron chi connectivity index (χ0n) is 7.12. The predicted octanol–water partition coefficient (Wildman–Crippen LogP) is -1.51. The maximum atomic E-state index is 10.8. The first kappa shape index (κ1) is 11.4. The van der Waals surface area contributed by atoms with Gasteiger partial charge in [-0.25, -0.2) is 0 Å². The summed E-state index contributed by atoms with van der Waals surface area (Å²) in [5, 5.41) is 19.7. The lowest BCUT2D eigenvalue weighted by atomic mass is 10.3. The van der Waals surface area contributed by atoms with E-state index in [-0.39, 0.29) is 25.5 Å². The molecule has 0 aromatic rings. The van der Waals surface area contributed by atoms with E-state index in [0.29, 0.717) is 6.61 Å². The zero-order chi connectivity index (χ0) is 9.40. The second-order valence-electron chi connectivity index (χ2n) is 2.38. The molecule has 0 aliphatic heterocycles. The number of amides is 1. The Morgan fingerprint density at radius 3 is 2.83 bits per heavy atom. The molecule has 0 unspecified atom stereocenters. The highest BCUT2D eigenvalue weighted by Gasteiger charge is 2.04. The van der Waals surface area contributed by atoms with E-state index in [0.717, 1.165) is 0 Å². The van der Waals surface area contributed by atoms with Crippen molar-refractivity contribution in [1.29, 1.82) is 0 Å². The summed E-state index contributed by atoms with van der Waals surface area (Å²) < 4.78 is 4.67. The highest BCUT2D eigenvalue weighted by molar-refractivity contribution is 5.75. The van der Waals surface area contributed by atoms with Crippen molar-refractivity contribution in [2.24, 2.45) is 0 Å². The fourth-order valence-corrected chi connectivity index (χ4v) is 0.579. The van der Waals surface area contributed by atoms with Gasteiger partial charge in [0.15, 0.2) is 0 Å². The summed E-state index contributed by atoms with van der Waals surface area (Å²) in [5.41, 5.74) is 0. The van der Waals surface area contributed by atoms with Gasteiger partial charge in [-0.3, -0.25) is 4.79 Å². The molecule has 0 bridgehead atoms. The van der Waals surface area contributed by atoms with E-state index in [1.54, 1.807) is 0 Å². The first-order valence-electron chi connectivity index (χ1n) is 3.75. The van der Waals surface area contributed by atoms with Crippen LogP contribution in [0.2, 0.25) is 0 Å². The molecule has 1 atom stereocenters. The topological polar surface area (TPSA) is 78.8 Å².